The van der Waals surface area contributed by atoms with Gasteiger partial charge in [0.2, 0.25) is 5.91 Å². The Morgan fingerprint density at radius 2 is 2.35 bits per heavy atom. The molecule has 1 heterocycles. The van der Waals surface area contributed by atoms with E-state index in [1.54, 1.807) is 29.7 Å². The van der Waals surface area contributed by atoms with Crippen molar-refractivity contribution in [3.8, 4) is 6.07 Å². The van der Waals surface area contributed by atoms with Crippen LogP contribution in [0, 0.1) is 16.7 Å². The number of nitriles is 1. The molecule has 0 radical (unpaired) electrons. The standard InChI is InChI=1S/C12H18N4O/c1-5-12(2,9-13)11(17)15(3)7-10-6-14-16(4)8-10/h6,8H,5,7H2,1-4H3. The van der Waals surface area contributed by atoms with Gasteiger partial charge in [-0.15, -0.1) is 0 Å². The van der Waals surface area contributed by atoms with Gasteiger partial charge >= 0.3 is 0 Å². The molecule has 0 bridgehead atoms. The third-order valence-electron chi connectivity index (χ3n) is 2.95. The summed E-state index contributed by atoms with van der Waals surface area (Å²) in [5.41, 5.74) is 0.0245. The fraction of sp³-hybridized carbons (Fsp3) is 0.583. The minimum Gasteiger partial charge on any atom is -0.340 e. The van der Waals surface area contributed by atoms with Crippen LogP contribution in [0.1, 0.15) is 25.8 Å². The Hall–Kier alpha value is -1.83. The minimum atomic E-state index is -0.934. The summed E-state index contributed by atoms with van der Waals surface area (Å²) < 4.78 is 1.69. The third-order valence-corrected chi connectivity index (χ3v) is 2.95. The highest BCUT2D eigenvalue weighted by Gasteiger charge is 2.33. The molecule has 1 aromatic heterocycles. The van der Waals surface area contributed by atoms with Crippen LogP contribution in [0.5, 0.6) is 0 Å². The Balaban J connectivity index is 2.74. The molecule has 0 fully saturated rings. The lowest BCUT2D eigenvalue weighted by atomic mass is 9.88. The van der Waals surface area contributed by atoms with Crippen LogP contribution in [-0.2, 0) is 18.4 Å². The van der Waals surface area contributed by atoms with Gasteiger partial charge in [0.1, 0.15) is 5.41 Å². The normalized spacial score (nSPS) is 13.8. The van der Waals surface area contributed by atoms with Crippen molar-refractivity contribution in [2.45, 2.75) is 26.8 Å². The van der Waals surface area contributed by atoms with E-state index in [4.69, 9.17) is 5.26 Å². The second-order valence-electron chi connectivity index (χ2n) is 4.48. The lowest BCUT2D eigenvalue weighted by molar-refractivity contribution is -0.137. The van der Waals surface area contributed by atoms with Crippen molar-refractivity contribution in [1.82, 2.24) is 14.7 Å². The first kappa shape index (κ1) is 13.2. The smallest absolute Gasteiger partial charge is 0.242 e. The molecule has 5 nitrogen and oxygen atoms in total. The average Bonchev–Trinajstić information content (AvgIpc) is 2.72. The second kappa shape index (κ2) is 5.00. The number of rotatable bonds is 4. The van der Waals surface area contributed by atoms with E-state index in [0.717, 1.165) is 5.56 Å². The van der Waals surface area contributed by atoms with E-state index in [2.05, 4.69) is 11.2 Å². The van der Waals surface area contributed by atoms with Crippen LogP contribution in [0.2, 0.25) is 0 Å². The van der Waals surface area contributed by atoms with Crippen LogP contribution in [0.3, 0.4) is 0 Å². The molecule has 0 aromatic carbocycles. The number of hydrogen-bond donors (Lipinski definition) is 0. The highest BCUT2D eigenvalue weighted by Crippen LogP contribution is 2.23. The van der Waals surface area contributed by atoms with Gasteiger partial charge in [0.05, 0.1) is 12.3 Å². The van der Waals surface area contributed by atoms with Gasteiger partial charge in [-0.05, 0) is 13.3 Å². The van der Waals surface area contributed by atoms with E-state index in [-0.39, 0.29) is 5.91 Å². The number of aromatic nitrogens is 2. The highest BCUT2D eigenvalue weighted by molar-refractivity contribution is 5.84. The van der Waals surface area contributed by atoms with E-state index in [1.165, 1.54) is 0 Å². The van der Waals surface area contributed by atoms with Crippen LogP contribution in [0.15, 0.2) is 12.4 Å². The fourth-order valence-corrected chi connectivity index (χ4v) is 1.60. The molecule has 0 saturated heterocycles. The maximum Gasteiger partial charge on any atom is 0.242 e. The van der Waals surface area contributed by atoms with Crippen LogP contribution in [0.4, 0.5) is 0 Å². The van der Waals surface area contributed by atoms with E-state index < -0.39 is 5.41 Å². The zero-order chi connectivity index (χ0) is 13.1. The van der Waals surface area contributed by atoms with E-state index in [0.29, 0.717) is 13.0 Å². The Labute approximate surface area is 102 Å². The summed E-state index contributed by atoms with van der Waals surface area (Å²) >= 11 is 0. The van der Waals surface area contributed by atoms with Crippen molar-refractivity contribution in [1.29, 1.82) is 5.26 Å². The molecule has 0 aliphatic heterocycles. The summed E-state index contributed by atoms with van der Waals surface area (Å²) in [7, 11) is 3.54. The van der Waals surface area contributed by atoms with Crippen molar-refractivity contribution < 1.29 is 4.79 Å². The fourth-order valence-electron chi connectivity index (χ4n) is 1.60. The molecular formula is C12H18N4O. The van der Waals surface area contributed by atoms with Gasteiger partial charge in [-0.3, -0.25) is 9.48 Å². The van der Waals surface area contributed by atoms with Crippen LogP contribution in [0.25, 0.3) is 0 Å². The Kier molecular flexibility index (Phi) is 3.89. The zero-order valence-corrected chi connectivity index (χ0v) is 10.8. The van der Waals surface area contributed by atoms with Gasteiger partial charge < -0.3 is 4.90 Å². The third kappa shape index (κ3) is 2.84. The van der Waals surface area contributed by atoms with Crippen LogP contribution in [-0.4, -0.2) is 27.6 Å². The van der Waals surface area contributed by atoms with Crippen molar-refractivity contribution in [2.75, 3.05) is 7.05 Å². The quantitative estimate of drug-likeness (QED) is 0.789. The van der Waals surface area contributed by atoms with Crippen molar-refractivity contribution in [3.05, 3.63) is 18.0 Å². The molecule has 0 spiro atoms. The molecular weight excluding hydrogens is 216 g/mol. The predicted molar refractivity (Wildman–Crippen MR) is 63.7 cm³/mol. The first-order valence-corrected chi connectivity index (χ1v) is 5.57. The molecule has 1 atom stereocenters. The van der Waals surface area contributed by atoms with Crippen molar-refractivity contribution >= 4 is 5.91 Å². The van der Waals surface area contributed by atoms with Gasteiger partial charge in [-0.25, -0.2) is 0 Å². The van der Waals surface area contributed by atoms with Crippen molar-refractivity contribution in [2.24, 2.45) is 12.5 Å². The molecule has 17 heavy (non-hydrogen) atoms. The lowest BCUT2D eigenvalue weighted by Gasteiger charge is -2.25. The number of amides is 1. The molecule has 0 N–H and O–H groups in total. The second-order valence-corrected chi connectivity index (χ2v) is 4.48. The Morgan fingerprint density at radius 3 is 2.76 bits per heavy atom. The van der Waals surface area contributed by atoms with E-state index in [9.17, 15) is 4.79 Å². The number of aryl methyl sites for hydroxylation is 1. The molecule has 0 aliphatic carbocycles. The van der Waals surface area contributed by atoms with Crippen LogP contribution < -0.4 is 0 Å². The SMILES string of the molecule is CCC(C)(C#N)C(=O)N(C)Cc1cnn(C)c1. The van der Waals surface area contributed by atoms with E-state index in [1.807, 2.05) is 20.2 Å². The summed E-state index contributed by atoms with van der Waals surface area (Å²) in [6, 6.07) is 2.09. The number of carbonyl (C=O) groups excluding carboxylic acids is 1. The first-order valence-electron chi connectivity index (χ1n) is 5.57. The molecule has 92 valence electrons. The Bertz CT molecular complexity index is 446. The van der Waals surface area contributed by atoms with Gasteiger partial charge in [0.15, 0.2) is 0 Å². The largest absolute Gasteiger partial charge is 0.340 e. The predicted octanol–water partition coefficient (Wildman–Crippen LogP) is 1.32. The molecule has 5 heteroatoms. The summed E-state index contributed by atoms with van der Waals surface area (Å²) in [6.45, 7) is 4.00. The van der Waals surface area contributed by atoms with Crippen molar-refractivity contribution in [3.63, 3.8) is 0 Å². The maximum absolute atomic E-state index is 12.1. The lowest BCUT2D eigenvalue weighted by Crippen LogP contribution is -2.38. The summed E-state index contributed by atoms with van der Waals surface area (Å²) in [5, 5.41) is 13.1. The molecule has 0 aliphatic rings. The molecule has 1 rings (SSSR count). The number of hydrogen-bond acceptors (Lipinski definition) is 3. The first-order chi connectivity index (χ1) is 7.92. The van der Waals surface area contributed by atoms with E-state index >= 15 is 0 Å². The highest BCUT2D eigenvalue weighted by atomic mass is 16.2. The summed E-state index contributed by atoms with van der Waals surface area (Å²) in [5.74, 6) is -0.147. The molecule has 1 amide bonds. The van der Waals surface area contributed by atoms with Gasteiger partial charge in [-0.2, -0.15) is 10.4 Å². The summed E-state index contributed by atoms with van der Waals surface area (Å²) in [6.07, 6.45) is 4.10. The molecule has 1 aromatic rings. The number of carbonyl (C=O) groups is 1. The van der Waals surface area contributed by atoms with Gasteiger partial charge in [0.25, 0.3) is 0 Å². The number of nitrogens with zero attached hydrogens (tertiary/aromatic N) is 4. The maximum atomic E-state index is 12.1. The average molecular weight is 234 g/mol. The zero-order valence-electron chi connectivity index (χ0n) is 10.8. The van der Waals surface area contributed by atoms with Crippen LogP contribution >= 0.6 is 0 Å². The van der Waals surface area contributed by atoms with Gasteiger partial charge in [-0.1, -0.05) is 6.92 Å². The minimum absolute atomic E-state index is 0.147. The molecule has 1 unspecified atom stereocenters. The molecule has 0 saturated carbocycles. The Morgan fingerprint density at radius 1 is 1.71 bits per heavy atom. The summed E-state index contributed by atoms with van der Waals surface area (Å²) in [4.78, 5) is 13.7. The topological polar surface area (TPSA) is 61.9 Å². The van der Waals surface area contributed by atoms with Gasteiger partial charge in [0, 0.05) is 32.4 Å². The monoisotopic (exact) mass is 234 g/mol.